The number of hydrogen-bond donors (Lipinski definition) is 1. The number of aromatic amines is 1. The fourth-order valence-electron chi connectivity index (χ4n) is 7.73. The molecule has 0 radical (unpaired) electrons. The van der Waals surface area contributed by atoms with Gasteiger partial charge in [0.15, 0.2) is 5.60 Å². The Hall–Kier alpha value is -6.14. The van der Waals surface area contributed by atoms with Crippen LogP contribution in [0.2, 0.25) is 0 Å². The van der Waals surface area contributed by atoms with Gasteiger partial charge in [0.2, 0.25) is 0 Å². The summed E-state index contributed by atoms with van der Waals surface area (Å²) in [4.78, 5) is 14.3. The van der Waals surface area contributed by atoms with Gasteiger partial charge in [0.05, 0.1) is 17.1 Å². The quantitative estimate of drug-likeness (QED) is 0.186. The summed E-state index contributed by atoms with van der Waals surface area (Å²) in [5, 5.41) is 0. The molecule has 7 aromatic rings. The zero-order chi connectivity index (χ0) is 36.6. The number of nitrogens with one attached hydrogen (secondary N) is 1. The Labute approximate surface area is 319 Å². The van der Waals surface area contributed by atoms with Crippen molar-refractivity contribution in [1.82, 2.24) is 9.97 Å². The van der Waals surface area contributed by atoms with E-state index >= 15 is 0 Å². The number of hydrogen-bond acceptors (Lipinski definition) is 4. The molecule has 9 rings (SSSR count). The van der Waals surface area contributed by atoms with E-state index in [-0.39, 0.29) is 0 Å². The van der Waals surface area contributed by atoms with Crippen molar-refractivity contribution in [3.8, 4) is 0 Å². The number of aliphatic imine (C=N–C) groups is 1. The molecule has 8 bridgehead atoms. The number of benzene rings is 4. The number of allylic oxidation sites excluding steroid dienone is 2. The van der Waals surface area contributed by atoms with E-state index in [1.165, 1.54) is 11.1 Å². The van der Waals surface area contributed by atoms with Crippen LogP contribution in [-0.2, 0) is 10.3 Å². The molecule has 0 saturated heterocycles. The van der Waals surface area contributed by atoms with Crippen LogP contribution in [0.25, 0.3) is 16.7 Å². The predicted octanol–water partition coefficient (Wildman–Crippen LogP) is 9.65. The first-order valence-electron chi connectivity index (χ1n) is 18.4. The third kappa shape index (κ3) is 5.92. The molecule has 1 N–H and O–H groups in total. The largest absolute Gasteiger partial charge is 0.360 e. The van der Waals surface area contributed by atoms with E-state index in [1.54, 1.807) is 11.3 Å². The second kappa shape index (κ2) is 14.0. The molecule has 0 amide bonds. The highest BCUT2D eigenvalue weighted by Crippen LogP contribution is 2.42. The number of thiophene rings is 1. The lowest BCUT2D eigenvalue weighted by Crippen LogP contribution is -2.33. The highest BCUT2D eigenvalue weighted by molar-refractivity contribution is 7.08. The Morgan fingerprint density at radius 2 is 1.22 bits per heavy atom. The Morgan fingerprint density at radius 3 is 1.91 bits per heavy atom. The Morgan fingerprint density at radius 1 is 0.593 bits per heavy atom. The average Bonchev–Trinajstić information content (AvgIpc) is 4.00. The number of aromatic nitrogens is 2. The van der Waals surface area contributed by atoms with Crippen LogP contribution in [0.15, 0.2) is 175 Å². The van der Waals surface area contributed by atoms with Crippen molar-refractivity contribution in [1.29, 1.82) is 0 Å². The zero-order valence-corrected chi connectivity index (χ0v) is 31.3. The molecule has 3 aromatic heterocycles. The topological polar surface area (TPSA) is 50.3 Å². The third-order valence-corrected chi connectivity index (χ3v) is 11.4. The van der Waals surface area contributed by atoms with E-state index in [9.17, 15) is 0 Å². The van der Waals surface area contributed by atoms with Crippen molar-refractivity contribution in [2.24, 2.45) is 4.99 Å². The monoisotopic (exact) mass is 717 g/mol. The number of nitrogens with zero attached hydrogens (tertiary/aromatic N) is 2. The van der Waals surface area contributed by atoms with Gasteiger partial charge in [-0.15, -0.1) is 11.3 Å². The molecule has 5 heterocycles. The fourth-order valence-corrected chi connectivity index (χ4v) is 8.89. The van der Waals surface area contributed by atoms with Gasteiger partial charge in [-0.2, -0.15) is 0 Å². The highest BCUT2D eigenvalue weighted by Gasteiger charge is 2.40. The Kier molecular flexibility index (Phi) is 8.74. The van der Waals surface area contributed by atoms with Crippen LogP contribution in [0.1, 0.15) is 62.8 Å². The normalized spacial score (nSPS) is 19.9. The van der Waals surface area contributed by atoms with E-state index in [0.717, 1.165) is 82.0 Å². The summed E-state index contributed by atoms with van der Waals surface area (Å²) in [6, 6.07) is 49.7. The Bertz CT molecular complexity index is 2720. The summed E-state index contributed by atoms with van der Waals surface area (Å²) in [6.45, 7) is 6.80. The molecular weight excluding hydrogens is 679 g/mol. The van der Waals surface area contributed by atoms with Crippen LogP contribution < -0.4 is 9.06 Å². The summed E-state index contributed by atoms with van der Waals surface area (Å²) in [7, 11) is 0. The number of aryl methyl sites for hydroxylation is 2. The maximum Gasteiger partial charge on any atom is 0.159 e. The van der Waals surface area contributed by atoms with Crippen LogP contribution in [0.4, 0.5) is 0 Å². The first kappa shape index (κ1) is 33.7. The lowest BCUT2D eigenvalue weighted by molar-refractivity contribution is 0.0184. The number of ether oxygens (including phenoxy) is 1. The molecule has 262 valence electrons. The molecule has 1 atom stereocenters. The molecule has 0 saturated carbocycles. The van der Waals surface area contributed by atoms with Crippen molar-refractivity contribution >= 4 is 33.8 Å². The molecule has 5 heteroatoms. The molecular formula is C49H39N3OS. The highest BCUT2D eigenvalue weighted by atomic mass is 32.1. The second-order valence-electron chi connectivity index (χ2n) is 13.8. The van der Waals surface area contributed by atoms with Crippen LogP contribution in [0, 0.1) is 13.8 Å². The van der Waals surface area contributed by atoms with E-state index in [1.807, 2.05) is 18.5 Å². The van der Waals surface area contributed by atoms with Gasteiger partial charge >= 0.3 is 0 Å². The SMILES string of the molecule is CCOC1(c2ccccc2)c2cncc(c2)/C(c2ccccc2)=C2/C=CC(=N2)/C(c2ccc(C)cc2)=c2/cc/c(s2)=C(\c2ccc(C)cc2)c2ccc1[nH]2. The summed E-state index contributed by atoms with van der Waals surface area (Å²) < 4.78 is 9.33. The fraction of sp³-hybridized carbons (Fsp3) is 0.102. The van der Waals surface area contributed by atoms with Crippen molar-refractivity contribution in [3.63, 3.8) is 0 Å². The van der Waals surface area contributed by atoms with Crippen molar-refractivity contribution in [2.45, 2.75) is 26.4 Å². The Balaban J connectivity index is 1.44. The predicted molar refractivity (Wildman–Crippen MR) is 222 cm³/mol. The minimum atomic E-state index is -0.980. The maximum absolute atomic E-state index is 7.02. The van der Waals surface area contributed by atoms with Crippen LogP contribution in [0.3, 0.4) is 0 Å². The van der Waals surface area contributed by atoms with E-state index in [4.69, 9.17) is 14.7 Å². The minimum absolute atomic E-state index is 0.483. The molecule has 4 nitrogen and oxygen atoms in total. The van der Waals surface area contributed by atoms with E-state index in [2.05, 4.69) is 171 Å². The molecule has 0 aliphatic carbocycles. The molecule has 1 unspecified atom stereocenters. The van der Waals surface area contributed by atoms with Gasteiger partial charge in [-0.1, -0.05) is 120 Å². The van der Waals surface area contributed by atoms with Gasteiger partial charge in [-0.3, -0.25) is 4.98 Å². The average molecular weight is 718 g/mol. The summed E-state index contributed by atoms with van der Waals surface area (Å²) in [6.07, 6.45) is 8.21. The number of pyridine rings is 1. The molecule has 2 aliphatic rings. The van der Waals surface area contributed by atoms with Crippen molar-refractivity contribution in [3.05, 3.63) is 235 Å². The second-order valence-corrected chi connectivity index (χ2v) is 14.9. The lowest BCUT2D eigenvalue weighted by Gasteiger charge is -2.34. The van der Waals surface area contributed by atoms with Crippen molar-refractivity contribution in [2.75, 3.05) is 6.61 Å². The third-order valence-electron chi connectivity index (χ3n) is 10.3. The van der Waals surface area contributed by atoms with Gasteiger partial charge in [0.25, 0.3) is 0 Å². The van der Waals surface area contributed by atoms with Gasteiger partial charge < -0.3 is 9.72 Å². The van der Waals surface area contributed by atoms with Gasteiger partial charge in [-0.25, -0.2) is 4.99 Å². The van der Waals surface area contributed by atoms with Gasteiger partial charge in [0, 0.05) is 61.6 Å². The van der Waals surface area contributed by atoms with E-state index < -0.39 is 5.60 Å². The number of H-pyrrole nitrogens is 1. The van der Waals surface area contributed by atoms with Crippen LogP contribution >= 0.6 is 11.3 Å². The summed E-state index contributed by atoms with van der Waals surface area (Å²) in [5.41, 5.74) is 14.7. The lowest BCUT2D eigenvalue weighted by atomic mass is 9.82. The molecule has 2 aliphatic heterocycles. The van der Waals surface area contributed by atoms with Gasteiger partial charge in [-0.05, 0) is 85.5 Å². The van der Waals surface area contributed by atoms with Crippen molar-refractivity contribution < 1.29 is 4.74 Å². The van der Waals surface area contributed by atoms with Crippen LogP contribution in [0.5, 0.6) is 0 Å². The standard InChI is InChI=1S/C49H39N3OS/c1-4-53-49(38-13-9-6-10-14-38)39-29-37(30-50-31-39)46(34-11-7-5-8-12-34)40-23-24-41(51-40)47(35-19-15-32(2)16-20-35)43-26-27-44(54-43)48(42-25-28-45(49)52-42)36-21-17-33(3)18-22-36/h5-31,52H,4H2,1-3H3/b46-40-,47-43-,48-44-. The molecule has 0 fully saturated rings. The number of fused-ring (bicyclic) bond motifs is 7. The number of rotatable bonds is 6. The van der Waals surface area contributed by atoms with E-state index in [0.29, 0.717) is 6.61 Å². The molecule has 4 aromatic carbocycles. The smallest absolute Gasteiger partial charge is 0.159 e. The summed E-state index contributed by atoms with van der Waals surface area (Å²) >= 11 is 1.79. The zero-order valence-electron chi connectivity index (χ0n) is 30.5. The van der Waals surface area contributed by atoms with Crippen LogP contribution in [-0.4, -0.2) is 22.3 Å². The minimum Gasteiger partial charge on any atom is -0.360 e. The van der Waals surface area contributed by atoms with Gasteiger partial charge in [0.1, 0.15) is 0 Å². The molecule has 0 spiro atoms. The first-order chi connectivity index (χ1) is 26.5. The molecule has 54 heavy (non-hydrogen) atoms. The maximum atomic E-state index is 7.02. The first-order valence-corrected chi connectivity index (χ1v) is 19.2. The summed E-state index contributed by atoms with van der Waals surface area (Å²) in [5.74, 6) is 0.